The van der Waals surface area contributed by atoms with Crippen LogP contribution >= 0.6 is 11.6 Å². The molecule has 2 aromatic carbocycles. The van der Waals surface area contributed by atoms with Crippen molar-refractivity contribution < 1.29 is 4.79 Å². The molecule has 3 aromatic rings. The van der Waals surface area contributed by atoms with Gasteiger partial charge in [-0.05, 0) is 36.4 Å². The van der Waals surface area contributed by atoms with Crippen molar-refractivity contribution >= 4 is 23.2 Å². The van der Waals surface area contributed by atoms with E-state index < -0.39 is 0 Å². The topological polar surface area (TPSA) is 46.9 Å². The van der Waals surface area contributed by atoms with Gasteiger partial charge in [0.15, 0.2) is 0 Å². The highest BCUT2D eigenvalue weighted by atomic mass is 35.5. The first-order chi connectivity index (χ1) is 10.2. The maximum atomic E-state index is 12.2. The molecule has 0 unspecified atom stereocenters. The first-order valence-electron chi connectivity index (χ1n) is 6.40. The second-order valence-electron chi connectivity index (χ2n) is 4.43. The summed E-state index contributed by atoms with van der Waals surface area (Å²) in [6.07, 6.45) is 3.47. The molecule has 0 radical (unpaired) electrons. The van der Waals surface area contributed by atoms with Crippen molar-refractivity contribution in [2.75, 3.05) is 5.32 Å². The first kappa shape index (κ1) is 13.4. The van der Waals surface area contributed by atoms with E-state index in [0.717, 1.165) is 5.69 Å². The van der Waals surface area contributed by atoms with Crippen molar-refractivity contribution in [1.29, 1.82) is 0 Å². The Balaban J connectivity index is 1.94. The molecule has 0 atom stereocenters. The Bertz CT molecular complexity index is 754. The van der Waals surface area contributed by atoms with E-state index in [1.165, 1.54) is 0 Å². The van der Waals surface area contributed by atoms with Gasteiger partial charge in [-0.3, -0.25) is 4.79 Å². The van der Waals surface area contributed by atoms with E-state index in [-0.39, 0.29) is 5.91 Å². The van der Waals surface area contributed by atoms with Gasteiger partial charge < -0.3 is 5.32 Å². The van der Waals surface area contributed by atoms with Crippen molar-refractivity contribution in [3.63, 3.8) is 0 Å². The van der Waals surface area contributed by atoms with Gasteiger partial charge in [0.2, 0.25) is 0 Å². The van der Waals surface area contributed by atoms with Crippen molar-refractivity contribution in [2.24, 2.45) is 0 Å². The van der Waals surface area contributed by atoms with Crippen LogP contribution in [0.2, 0.25) is 5.02 Å². The van der Waals surface area contributed by atoms with E-state index in [4.69, 9.17) is 11.6 Å². The molecule has 3 rings (SSSR count). The van der Waals surface area contributed by atoms with Gasteiger partial charge >= 0.3 is 0 Å². The number of anilines is 1. The van der Waals surface area contributed by atoms with E-state index in [0.29, 0.717) is 16.3 Å². The lowest BCUT2D eigenvalue weighted by atomic mass is 10.2. The molecule has 0 saturated carbocycles. The van der Waals surface area contributed by atoms with Crippen LogP contribution in [-0.4, -0.2) is 15.7 Å². The van der Waals surface area contributed by atoms with E-state index >= 15 is 0 Å². The largest absolute Gasteiger partial charge is 0.320 e. The quantitative estimate of drug-likeness (QED) is 0.800. The summed E-state index contributed by atoms with van der Waals surface area (Å²) in [7, 11) is 0. The van der Waals surface area contributed by atoms with E-state index in [1.807, 2.05) is 24.3 Å². The zero-order valence-corrected chi connectivity index (χ0v) is 11.8. The van der Waals surface area contributed by atoms with Crippen molar-refractivity contribution in [3.8, 4) is 5.69 Å². The van der Waals surface area contributed by atoms with Crippen LogP contribution in [0.4, 0.5) is 5.69 Å². The van der Waals surface area contributed by atoms with Crippen molar-refractivity contribution in [1.82, 2.24) is 9.78 Å². The number of nitrogens with zero attached hydrogens (tertiary/aromatic N) is 2. The van der Waals surface area contributed by atoms with Crippen LogP contribution in [0.5, 0.6) is 0 Å². The minimum Gasteiger partial charge on any atom is -0.320 e. The molecule has 1 N–H and O–H groups in total. The van der Waals surface area contributed by atoms with Crippen molar-refractivity contribution in [3.05, 3.63) is 77.6 Å². The molecule has 0 saturated heterocycles. The van der Waals surface area contributed by atoms with Gasteiger partial charge in [-0.2, -0.15) is 5.10 Å². The Labute approximate surface area is 127 Å². The molecule has 0 aliphatic heterocycles. The van der Waals surface area contributed by atoms with Gasteiger partial charge in [-0.25, -0.2) is 4.68 Å². The monoisotopic (exact) mass is 297 g/mol. The van der Waals surface area contributed by atoms with Crippen LogP contribution < -0.4 is 5.32 Å². The van der Waals surface area contributed by atoms with Crippen LogP contribution in [0.1, 0.15) is 10.4 Å². The van der Waals surface area contributed by atoms with Crippen LogP contribution in [0.25, 0.3) is 5.69 Å². The third-order valence-electron chi connectivity index (χ3n) is 3.00. The lowest BCUT2D eigenvalue weighted by molar-refractivity contribution is 0.102. The third-order valence-corrected chi connectivity index (χ3v) is 3.23. The summed E-state index contributed by atoms with van der Waals surface area (Å²) in [5.41, 5.74) is 1.97. The predicted octanol–water partition coefficient (Wildman–Crippen LogP) is 3.78. The Kier molecular flexibility index (Phi) is 3.71. The van der Waals surface area contributed by atoms with Gasteiger partial charge in [0, 0.05) is 23.0 Å². The number of carbonyl (C=O) groups is 1. The molecule has 104 valence electrons. The minimum absolute atomic E-state index is 0.175. The lowest BCUT2D eigenvalue weighted by Gasteiger charge is -2.11. The highest BCUT2D eigenvalue weighted by molar-refractivity contribution is 6.31. The van der Waals surface area contributed by atoms with Gasteiger partial charge in [-0.1, -0.05) is 29.8 Å². The van der Waals surface area contributed by atoms with Gasteiger partial charge in [-0.15, -0.1) is 0 Å². The number of aromatic nitrogens is 2. The number of amides is 1. The molecule has 1 amide bonds. The van der Waals surface area contributed by atoms with Crippen LogP contribution in [0, 0.1) is 0 Å². The predicted molar refractivity (Wildman–Crippen MR) is 83.0 cm³/mol. The fraction of sp³-hybridized carbons (Fsp3) is 0. The fourth-order valence-electron chi connectivity index (χ4n) is 2.00. The SMILES string of the molecule is O=C(Nc1ccc(Cl)cc1-n1cccn1)c1ccccc1. The lowest BCUT2D eigenvalue weighted by Crippen LogP contribution is -2.13. The molecule has 0 fully saturated rings. The second kappa shape index (κ2) is 5.81. The first-order valence-corrected chi connectivity index (χ1v) is 6.78. The number of hydrogen-bond donors (Lipinski definition) is 1. The molecular weight excluding hydrogens is 286 g/mol. The summed E-state index contributed by atoms with van der Waals surface area (Å²) < 4.78 is 1.66. The molecule has 5 heteroatoms. The van der Waals surface area contributed by atoms with Crippen LogP contribution in [-0.2, 0) is 0 Å². The normalized spacial score (nSPS) is 10.3. The molecule has 0 aliphatic rings. The van der Waals surface area contributed by atoms with Gasteiger partial charge in [0.1, 0.15) is 0 Å². The summed E-state index contributed by atoms with van der Waals surface area (Å²) in [5, 5.41) is 7.64. The number of rotatable bonds is 3. The standard InChI is InChI=1S/C16H12ClN3O/c17-13-7-8-14(15(11-13)20-10-4-9-18-20)19-16(21)12-5-2-1-3-6-12/h1-11H,(H,19,21). The maximum absolute atomic E-state index is 12.2. The summed E-state index contributed by atoms with van der Waals surface area (Å²) in [6, 6.07) is 16.1. The number of nitrogens with one attached hydrogen (secondary N) is 1. The van der Waals surface area contributed by atoms with Gasteiger partial charge in [0.05, 0.1) is 11.4 Å². The molecule has 0 spiro atoms. The minimum atomic E-state index is -0.175. The Morgan fingerprint density at radius 2 is 1.90 bits per heavy atom. The average Bonchev–Trinajstić information content (AvgIpc) is 3.04. The Hall–Kier alpha value is -2.59. The second-order valence-corrected chi connectivity index (χ2v) is 4.87. The molecular formula is C16H12ClN3O. The summed E-state index contributed by atoms with van der Waals surface area (Å²) in [6.45, 7) is 0. The Morgan fingerprint density at radius 1 is 1.10 bits per heavy atom. The van der Waals surface area contributed by atoms with E-state index in [9.17, 15) is 4.79 Å². The fourth-order valence-corrected chi connectivity index (χ4v) is 2.16. The number of carbonyl (C=O) groups excluding carboxylic acids is 1. The molecule has 0 aliphatic carbocycles. The van der Waals surface area contributed by atoms with Crippen LogP contribution in [0.15, 0.2) is 67.0 Å². The smallest absolute Gasteiger partial charge is 0.255 e. The number of halogens is 1. The third kappa shape index (κ3) is 2.95. The zero-order chi connectivity index (χ0) is 14.7. The zero-order valence-electron chi connectivity index (χ0n) is 11.0. The molecule has 1 heterocycles. The molecule has 0 bridgehead atoms. The summed E-state index contributed by atoms with van der Waals surface area (Å²) >= 11 is 6.03. The highest BCUT2D eigenvalue weighted by Gasteiger charge is 2.10. The highest BCUT2D eigenvalue weighted by Crippen LogP contribution is 2.24. The number of hydrogen-bond acceptors (Lipinski definition) is 2. The molecule has 4 nitrogen and oxygen atoms in total. The average molecular weight is 298 g/mol. The number of benzene rings is 2. The van der Waals surface area contributed by atoms with E-state index in [1.54, 1.807) is 47.4 Å². The molecule has 21 heavy (non-hydrogen) atoms. The maximum Gasteiger partial charge on any atom is 0.255 e. The summed E-state index contributed by atoms with van der Waals surface area (Å²) in [5.74, 6) is -0.175. The summed E-state index contributed by atoms with van der Waals surface area (Å²) in [4.78, 5) is 12.2. The van der Waals surface area contributed by atoms with E-state index in [2.05, 4.69) is 10.4 Å². The molecule has 1 aromatic heterocycles. The Morgan fingerprint density at radius 3 is 2.62 bits per heavy atom. The van der Waals surface area contributed by atoms with Gasteiger partial charge in [0.25, 0.3) is 5.91 Å². The van der Waals surface area contributed by atoms with Crippen molar-refractivity contribution in [2.45, 2.75) is 0 Å². The van der Waals surface area contributed by atoms with Crippen LogP contribution in [0.3, 0.4) is 0 Å².